The van der Waals surface area contributed by atoms with Crippen LogP contribution in [0.5, 0.6) is 0 Å². The Hall–Kier alpha value is -2.27. The molecule has 2 aromatic heterocycles. The number of carbonyl (C=O) groups is 1. The van der Waals surface area contributed by atoms with E-state index in [-0.39, 0.29) is 5.91 Å². The fourth-order valence-electron chi connectivity index (χ4n) is 2.45. The number of amides is 1. The molecule has 0 aliphatic heterocycles. The lowest BCUT2D eigenvalue weighted by Crippen LogP contribution is -2.12. The van der Waals surface area contributed by atoms with Crippen LogP contribution in [0, 0.1) is 13.8 Å². The first-order chi connectivity index (χ1) is 10.5. The van der Waals surface area contributed by atoms with Gasteiger partial charge in [-0.3, -0.25) is 14.8 Å². The highest BCUT2D eigenvalue weighted by Gasteiger charge is 2.11. The maximum absolute atomic E-state index is 12.4. The first-order valence-corrected chi connectivity index (χ1v) is 7.62. The van der Waals surface area contributed by atoms with E-state index in [0.29, 0.717) is 5.56 Å². The van der Waals surface area contributed by atoms with E-state index in [1.165, 1.54) is 0 Å². The highest BCUT2D eigenvalue weighted by molar-refractivity contribution is 9.10. The monoisotopic (exact) mass is 355 g/mol. The first-order valence-electron chi connectivity index (χ1n) is 6.82. The van der Waals surface area contributed by atoms with Gasteiger partial charge in [0.05, 0.1) is 16.8 Å². The van der Waals surface area contributed by atoms with Crippen molar-refractivity contribution in [3.8, 4) is 0 Å². The quantitative estimate of drug-likeness (QED) is 0.746. The Balaban J connectivity index is 2.02. The minimum Gasteiger partial charge on any atom is -0.321 e. The van der Waals surface area contributed by atoms with Crippen molar-refractivity contribution >= 4 is 38.4 Å². The molecular formula is C17H14BrN3O. The molecule has 3 aromatic rings. The predicted molar refractivity (Wildman–Crippen MR) is 91.1 cm³/mol. The van der Waals surface area contributed by atoms with E-state index in [1.54, 1.807) is 24.7 Å². The number of hydrogen-bond acceptors (Lipinski definition) is 3. The third kappa shape index (κ3) is 2.85. The zero-order valence-corrected chi connectivity index (χ0v) is 13.8. The summed E-state index contributed by atoms with van der Waals surface area (Å²) in [5.74, 6) is -0.194. The molecule has 0 saturated heterocycles. The van der Waals surface area contributed by atoms with Crippen LogP contribution in [0.3, 0.4) is 0 Å². The second-order valence-electron chi connectivity index (χ2n) is 5.18. The Morgan fingerprint density at radius 1 is 1.18 bits per heavy atom. The van der Waals surface area contributed by atoms with Crippen LogP contribution < -0.4 is 5.32 Å². The SMILES string of the molecule is Cc1cc(C)c2nccc(NC(=O)c3cncc(Br)c3)c2c1. The third-order valence-electron chi connectivity index (χ3n) is 3.40. The van der Waals surface area contributed by atoms with Crippen LogP contribution in [0.25, 0.3) is 10.9 Å². The molecule has 1 amide bonds. The number of rotatable bonds is 2. The molecular weight excluding hydrogens is 342 g/mol. The fraction of sp³-hybridized carbons (Fsp3) is 0.118. The van der Waals surface area contributed by atoms with E-state index in [4.69, 9.17) is 0 Å². The minimum atomic E-state index is -0.194. The van der Waals surface area contributed by atoms with Crippen molar-refractivity contribution in [3.05, 3.63) is 64.0 Å². The molecule has 110 valence electrons. The maximum atomic E-state index is 12.4. The molecule has 2 heterocycles. The van der Waals surface area contributed by atoms with Crippen molar-refractivity contribution < 1.29 is 4.79 Å². The van der Waals surface area contributed by atoms with Gasteiger partial charge in [0.2, 0.25) is 0 Å². The van der Waals surface area contributed by atoms with Gasteiger partial charge in [-0.15, -0.1) is 0 Å². The number of nitrogens with zero attached hydrogens (tertiary/aromatic N) is 2. The van der Waals surface area contributed by atoms with Gasteiger partial charge in [-0.05, 0) is 53.5 Å². The summed E-state index contributed by atoms with van der Waals surface area (Å²) in [5.41, 5.74) is 4.38. The van der Waals surface area contributed by atoms with Gasteiger partial charge < -0.3 is 5.32 Å². The van der Waals surface area contributed by atoms with E-state index in [1.807, 2.05) is 26.0 Å². The van der Waals surface area contributed by atoms with Gasteiger partial charge in [0.25, 0.3) is 5.91 Å². The number of pyridine rings is 2. The van der Waals surface area contributed by atoms with Gasteiger partial charge in [-0.1, -0.05) is 11.6 Å². The second-order valence-corrected chi connectivity index (χ2v) is 6.10. The molecule has 0 atom stereocenters. The molecule has 0 fully saturated rings. The van der Waals surface area contributed by atoms with E-state index in [9.17, 15) is 4.79 Å². The van der Waals surface area contributed by atoms with Gasteiger partial charge in [0, 0.05) is 28.4 Å². The Bertz CT molecular complexity index is 877. The average molecular weight is 356 g/mol. The molecule has 0 spiro atoms. The number of hydrogen-bond donors (Lipinski definition) is 1. The average Bonchev–Trinajstić information content (AvgIpc) is 2.48. The molecule has 0 unspecified atom stereocenters. The molecule has 0 aliphatic rings. The first kappa shape index (κ1) is 14.7. The van der Waals surface area contributed by atoms with Gasteiger partial charge in [0.1, 0.15) is 0 Å². The molecule has 0 aliphatic carbocycles. The Kier molecular flexibility index (Phi) is 3.90. The molecule has 22 heavy (non-hydrogen) atoms. The van der Waals surface area contributed by atoms with Crippen LogP contribution in [-0.2, 0) is 0 Å². The third-order valence-corrected chi connectivity index (χ3v) is 3.83. The van der Waals surface area contributed by atoms with Crippen LogP contribution in [0.15, 0.2) is 47.3 Å². The summed E-state index contributed by atoms with van der Waals surface area (Å²) in [4.78, 5) is 20.8. The Morgan fingerprint density at radius 3 is 2.77 bits per heavy atom. The maximum Gasteiger partial charge on any atom is 0.257 e. The second kappa shape index (κ2) is 5.85. The molecule has 0 bridgehead atoms. The van der Waals surface area contributed by atoms with E-state index >= 15 is 0 Å². The number of anilines is 1. The van der Waals surface area contributed by atoms with Gasteiger partial charge in [0.15, 0.2) is 0 Å². The number of aromatic nitrogens is 2. The molecule has 0 saturated carbocycles. The summed E-state index contributed by atoms with van der Waals surface area (Å²) in [7, 11) is 0. The molecule has 1 aromatic carbocycles. The number of benzene rings is 1. The number of aryl methyl sites for hydroxylation is 2. The number of carbonyl (C=O) groups excluding carboxylic acids is 1. The van der Waals surface area contributed by atoms with Gasteiger partial charge >= 0.3 is 0 Å². The zero-order chi connectivity index (χ0) is 15.7. The highest BCUT2D eigenvalue weighted by atomic mass is 79.9. The molecule has 3 rings (SSSR count). The van der Waals surface area contributed by atoms with Crippen molar-refractivity contribution in [3.63, 3.8) is 0 Å². The fourth-order valence-corrected chi connectivity index (χ4v) is 2.82. The number of fused-ring (bicyclic) bond motifs is 1. The van der Waals surface area contributed by atoms with Crippen molar-refractivity contribution in [2.45, 2.75) is 13.8 Å². The predicted octanol–water partition coefficient (Wildman–Crippen LogP) is 4.26. The topological polar surface area (TPSA) is 54.9 Å². The number of halogens is 1. The Morgan fingerprint density at radius 2 is 2.00 bits per heavy atom. The number of nitrogens with one attached hydrogen (secondary N) is 1. The van der Waals surface area contributed by atoms with Crippen molar-refractivity contribution in [2.75, 3.05) is 5.32 Å². The lowest BCUT2D eigenvalue weighted by atomic mass is 10.1. The van der Waals surface area contributed by atoms with Gasteiger partial charge in [-0.25, -0.2) is 0 Å². The van der Waals surface area contributed by atoms with Gasteiger partial charge in [-0.2, -0.15) is 0 Å². The minimum absolute atomic E-state index is 0.194. The summed E-state index contributed by atoms with van der Waals surface area (Å²) < 4.78 is 0.770. The summed E-state index contributed by atoms with van der Waals surface area (Å²) in [6, 6.07) is 7.66. The van der Waals surface area contributed by atoms with Crippen LogP contribution in [0.1, 0.15) is 21.5 Å². The molecule has 4 nitrogen and oxygen atoms in total. The largest absolute Gasteiger partial charge is 0.321 e. The summed E-state index contributed by atoms with van der Waals surface area (Å²) >= 11 is 3.32. The lowest BCUT2D eigenvalue weighted by Gasteiger charge is -2.10. The van der Waals surface area contributed by atoms with E-state index < -0.39 is 0 Å². The highest BCUT2D eigenvalue weighted by Crippen LogP contribution is 2.26. The van der Waals surface area contributed by atoms with Crippen LogP contribution >= 0.6 is 15.9 Å². The van der Waals surface area contributed by atoms with E-state index in [2.05, 4.69) is 37.3 Å². The van der Waals surface area contributed by atoms with Crippen LogP contribution in [0.4, 0.5) is 5.69 Å². The van der Waals surface area contributed by atoms with Crippen LogP contribution in [0.2, 0.25) is 0 Å². The smallest absolute Gasteiger partial charge is 0.257 e. The molecule has 5 heteroatoms. The summed E-state index contributed by atoms with van der Waals surface area (Å²) in [6.07, 6.45) is 4.89. The zero-order valence-electron chi connectivity index (χ0n) is 12.2. The summed E-state index contributed by atoms with van der Waals surface area (Å²) in [5, 5.41) is 3.88. The van der Waals surface area contributed by atoms with E-state index in [0.717, 1.165) is 32.2 Å². The van der Waals surface area contributed by atoms with Crippen LogP contribution in [-0.4, -0.2) is 15.9 Å². The van der Waals surface area contributed by atoms with Crippen molar-refractivity contribution in [1.82, 2.24) is 9.97 Å². The molecule has 1 N–H and O–H groups in total. The normalized spacial score (nSPS) is 10.7. The standard InChI is InChI=1S/C17H14BrN3O/c1-10-5-11(2)16-14(6-10)15(3-4-20-16)21-17(22)12-7-13(18)9-19-8-12/h3-9H,1-2H3,(H,20,21,22). The molecule has 0 radical (unpaired) electrons. The van der Waals surface area contributed by atoms with Crippen molar-refractivity contribution in [2.24, 2.45) is 0 Å². The van der Waals surface area contributed by atoms with Crippen molar-refractivity contribution in [1.29, 1.82) is 0 Å². The Labute approximate surface area is 136 Å². The summed E-state index contributed by atoms with van der Waals surface area (Å²) in [6.45, 7) is 4.05. The lowest BCUT2D eigenvalue weighted by molar-refractivity contribution is 0.102.